The maximum Gasteiger partial charge on any atom is 0.335 e. The van der Waals surface area contributed by atoms with Crippen LogP contribution >= 0.6 is 0 Å². The van der Waals surface area contributed by atoms with E-state index in [0.29, 0.717) is 5.56 Å². The van der Waals surface area contributed by atoms with Gasteiger partial charge in [0.1, 0.15) is 11.5 Å². The molecule has 2 aromatic rings. The molecule has 98 valence electrons. The highest BCUT2D eigenvalue weighted by atomic mass is 19.2. The molecule has 0 radical (unpaired) electrons. The van der Waals surface area contributed by atoms with Crippen LogP contribution in [0.3, 0.4) is 0 Å². The monoisotopic (exact) mass is 264 g/mol. The third-order valence-electron chi connectivity index (χ3n) is 2.55. The van der Waals surface area contributed by atoms with Gasteiger partial charge in [0.25, 0.3) is 0 Å². The first-order valence-corrected chi connectivity index (χ1v) is 5.44. The molecule has 0 atom stereocenters. The number of benzene rings is 2. The molecule has 0 aromatic heterocycles. The number of carbonyl (C=O) groups is 1. The minimum Gasteiger partial charge on any atom is -0.478 e. The molecule has 0 aliphatic carbocycles. The van der Waals surface area contributed by atoms with E-state index in [4.69, 9.17) is 9.84 Å². The predicted molar refractivity (Wildman–Crippen MR) is 64.6 cm³/mol. The van der Waals surface area contributed by atoms with Gasteiger partial charge in [-0.2, -0.15) is 0 Å². The average Bonchev–Trinajstić information content (AvgIpc) is 2.36. The molecule has 2 aromatic carbocycles. The van der Waals surface area contributed by atoms with E-state index in [2.05, 4.69) is 0 Å². The van der Waals surface area contributed by atoms with Gasteiger partial charge in [0.2, 0.25) is 0 Å². The summed E-state index contributed by atoms with van der Waals surface area (Å²) in [5.41, 5.74) is 0.748. The lowest BCUT2D eigenvalue weighted by atomic mass is 10.1. The van der Waals surface area contributed by atoms with Crippen LogP contribution in [0.5, 0.6) is 11.5 Å². The van der Waals surface area contributed by atoms with E-state index in [9.17, 15) is 13.6 Å². The quantitative estimate of drug-likeness (QED) is 0.918. The van der Waals surface area contributed by atoms with Crippen LogP contribution in [0.1, 0.15) is 15.9 Å². The first-order chi connectivity index (χ1) is 8.97. The molecular formula is C14H10F2O3. The molecule has 0 aliphatic rings. The van der Waals surface area contributed by atoms with Crippen molar-refractivity contribution in [3.63, 3.8) is 0 Å². The van der Waals surface area contributed by atoms with Crippen LogP contribution in [-0.2, 0) is 0 Å². The zero-order valence-corrected chi connectivity index (χ0v) is 9.98. The van der Waals surface area contributed by atoms with E-state index in [1.165, 1.54) is 18.2 Å². The molecule has 2 rings (SSSR count). The summed E-state index contributed by atoms with van der Waals surface area (Å²) in [5, 5.41) is 8.88. The highest BCUT2D eigenvalue weighted by Gasteiger charge is 2.09. The largest absolute Gasteiger partial charge is 0.478 e. The fourth-order valence-corrected chi connectivity index (χ4v) is 1.51. The van der Waals surface area contributed by atoms with Gasteiger partial charge in [0.05, 0.1) is 5.56 Å². The SMILES string of the molecule is Cc1ccc(C(=O)O)cc1Oc1ccc(F)c(F)c1. The van der Waals surface area contributed by atoms with Crippen LogP contribution in [0.25, 0.3) is 0 Å². The number of ether oxygens (including phenoxy) is 1. The minimum absolute atomic E-state index is 0.0585. The second-order valence-electron chi connectivity index (χ2n) is 3.96. The van der Waals surface area contributed by atoms with Crippen molar-refractivity contribution >= 4 is 5.97 Å². The maximum atomic E-state index is 13.0. The Labute approximate surface area is 108 Å². The van der Waals surface area contributed by atoms with E-state index in [1.54, 1.807) is 13.0 Å². The first-order valence-electron chi connectivity index (χ1n) is 5.44. The molecule has 0 saturated heterocycles. The second-order valence-corrected chi connectivity index (χ2v) is 3.96. The Morgan fingerprint density at radius 1 is 1.11 bits per heavy atom. The van der Waals surface area contributed by atoms with Crippen molar-refractivity contribution in [1.29, 1.82) is 0 Å². The molecule has 0 amide bonds. The normalized spacial score (nSPS) is 10.3. The number of halogens is 2. The number of carboxylic acid groups (broad SMARTS) is 1. The Hall–Kier alpha value is -2.43. The topological polar surface area (TPSA) is 46.5 Å². The molecule has 1 N–H and O–H groups in total. The lowest BCUT2D eigenvalue weighted by molar-refractivity contribution is 0.0696. The molecule has 0 spiro atoms. The summed E-state index contributed by atoms with van der Waals surface area (Å²) in [6.45, 7) is 1.72. The lowest BCUT2D eigenvalue weighted by Gasteiger charge is -2.09. The fraction of sp³-hybridized carbons (Fsp3) is 0.0714. The van der Waals surface area contributed by atoms with Gasteiger partial charge >= 0.3 is 5.97 Å². The minimum atomic E-state index is -1.09. The van der Waals surface area contributed by atoms with Crippen molar-refractivity contribution in [2.45, 2.75) is 6.92 Å². The van der Waals surface area contributed by atoms with Gasteiger partial charge < -0.3 is 9.84 Å². The van der Waals surface area contributed by atoms with E-state index >= 15 is 0 Å². The number of carboxylic acids is 1. The smallest absolute Gasteiger partial charge is 0.335 e. The average molecular weight is 264 g/mol. The molecule has 3 nitrogen and oxygen atoms in total. The summed E-state index contributed by atoms with van der Waals surface area (Å²) in [7, 11) is 0. The van der Waals surface area contributed by atoms with Crippen LogP contribution < -0.4 is 4.74 Å². The van der Waals surface area contributed by atoms with Crippen LogP contribution in [0.15, 0.2) is 36.4 Å². The molecule has 0 bridgehead atoms. The van der Waals surface area contributed by atoms with Gasteiger partial charge in [-0.05, 0) is 36.8 Å². The van der Waals surface area contributed by atoms with Crippen molar-refractivity contribution in [3.05, 3.63) is 59.2 Å². The number of hydrogen-bond acceptors (Lipinski definition) is 2. The van der Waals surface area contributed by atoms with E-state index < -0.39 is 17.6 Å². The molecule has 0 unspecified atom stereocenters. The number of rotatable bonds is 3. The van der Waals surface area contributed by atoms with Crippen molar-refractivity contribution < 1.29 is 23.4 Å². The molecule has 0 fully saturated rings. The Balaban J connectivity index is 2.34. The molecule has 19 heavy (non-hydrogen) atoms. The summed E-state index contributed by atoms with van der Waals surface area (Å²) in [6, 6.07) is 7.47. The van der Waals surface area contributed by atoms with Gasteiger partial charge in [0, 0.05) is 6.07 Å². The molecule has 5 heteroatoms. The third kappa shape index (κ3) is 2.88. The lowest BCUT2D eigenvalue weighted by Crippen LogP contribution is -1.98. The summed E-state index contributed by atoms with van der Waals surface area (Å²) in [4.78, 5) is 10.9. The van der Waals surface area contributed by atoms with Gasteiger partial charge in [-0.25, -0.2) is 13.6 Å². The Bertz CT molecular complexity index is 639. The van der Waals surface area contributed by atoms with Crippen molar-refractivity contribution in [1.82, 2.24) is 0 Å². The van der Waals surface area contributed by atoms with Crippen molar-refractivity contribution in [2.75, 3.05) is 0 Å². The molecule has 0 heterocycles. The van der Waals surface area contributed by atoms with Crippen LogP contribution in [0.2, 0.25) is 0 Å². The molecule has 0 saturated carbocycles. The Kier molecular flexibility index (Phi) is 3.46. The first kappa shape index (κ1) is 13.0. The summed E-state index contributed by atoms with van der Waals surface area (Å²) < 4.78 is 31.2. The molecular weight excluding hydrogens is 254 g/mol. The summed E-state index contributed by atoms with van der Waals surface area (Å²) in [6.07, 6.45) is 0. The van der Waals surface area contributed by atoms with Crippen LogP contribution in [0.4, 0.5) is 8.78 Å². The summed E-state index contributed by atoms with van der Waals surface area (Å²) in [5.74, 6) is -2.70. The fourth-order valence-electron chi connectivity index (χ4n) is 1.51. The predicted octanol–water partition coefficient (Wildman–Crippen LogP) is 3.76. The standard InChI is InChI=1S/C14H10F2O3/c1-8-2-3-9(14(17)18)6-13(8)19-10-4-5-11(15)12(16)7-10/h2-7H,1H3,(H,17,18). The van der Waals surface area contributed by atoms with Crippen LogP contribution in [0, 0.1) is 18.6 Å². The molecule has 0 aliphatic heterocycles. The third-order valence-corrected chi connectivity index (χ3v) is 2.55. The van der Waals surface area contributed by atoms with Crippen molar-refractivity contribution in [2.24, 2.45) is 0 Å². The zero-order valence-electron chi connectivity index (χ0n) is 9.98. The van der Waals surface area contributed by atoms with Crippen LogP contribution in [-0.4, -0.2) is 11.1 Å². The number of aromatic carboxylic acids is 1. The number of hydrogen-bond donors (Lipinski definition) is 1. The second kappa shape index (κ2) is 5.06. The number of aryl methyl sites for hydroxylation is 1. The Morgan fingerprint density at radius 3 is 2.47 bits per heavy atom. The van der Waals surface area contributed by atoms with E-state index in [-0.39, 0.29) is 17.1 Å². The highest BCUT2D eigenvalue weighted by molar-refractivity contribution is 5.88. The van der Waals surface area contributed by atoms with Gasteiger partial charge in [-0.15, -0.1) is 0 Å². The van der Waals surface area contributed by atoms with E-state index in [0.717, 1.165) is 12.1 Å². The van der Waals surface area contributed by atoms with E-state index in [1.807, 2.05) is 0 Å². The van der Waals surface area contributed by atoms with Gasteiger partial charge in [0.15, 0.2) is 11.6 Å². The van der Waals surface area contributed by atoms with Gasteiger partial charge in [-0.1, -0.05) is 6.07 Å². The van der Waals surface area contributed by atoms with Crippen molar-refractivity contribution in [3.8, 4) is 11.5 Å². The highest BCUT2D eigenvalue weighted by Crippen LogP contribution is 2.27. The van der Waals surface area contributed by atoms with Gasteiger partial charge in [-0.3, -0.25) is 0 Å². The Morgan fingerprint density at radius 2 is 1.84 bits per heavy atom. The zero-order chi connectivity index (χ0) is 14.0. The maximum absolute atomic E-state index is 13.0. The summed E-state index contributed by atoms with van der Waals surface area (Å²) >= 11 is 0.